The number of aliphatic carboxylic acids is 1. The molecule has 0 radical (unpaired) electrons. The summed E-state index contributed by atoms with van der Waals surface area (Å²) in [5.41, 5.74) is -0.558. The van der Waals surface area contributed by atoms with Crippen molar-refractivity contribution < 1.29 is 63.2 Å². The Bertz CT molecular complexity index is 937. The van der Waals surface area contributed by atoms with Gasteiger partial charge >= 0.3 is 29.6 Å². The minimum absolute atomic E-state index is 0. The van der Waals surface area contributed by atoms with E-state index < -0.39 is 35.4 Å². The van der Waals surface area contributed by atoms with E-state index in [4.69, 9.17) is 0 Å². The van der Waals surface area contributed by atoms with Gasteiger partial charge < -0.3 is 25.0 Å². The summed E-state index contributed by atoms with van der Waals surface area (Å²) in [5, 5.41) is 32.7. The monoisotopic (exact) mass is 561 g/mol. The Hall–Kier alpha value is -0.280. The third-order valence-electron chi connectivity index (χ3n) is 12.4. The van der Waals surface area contributed by atoms with Gasteiger partial charge in [-0.25, -0.2) is 8.78 Å². The first kappa shape index (κ1) is 31.7. The number of carbonyl (C=O) groups is 2. The fourth-order valence-electron chi connectivity index (χ4n) is 10.3. The smallest absolute Gasteiger partial charge is 0.550 e. The molecule has 0 bridgehead atoms. The molecular weight excluding hydrogens is 515 g/mol. The Kier molecular flexibility index (Phi) is 9.27. The van der Waals surface area contributed by atoms with E-state index in [-0.39, 0.29) is 83.9 Å². The molecule has 39 heavy (non-hydrogen) atoms. The van der Waals surface area contributed by atoms with E-state index in [0.29, 0.717) is 44.1 Å². The van der Waals surface area contributed by atoms with Crippen molar-refractivity contribution in [3.8, 4) is 0 Å². The zero-order valence-corrected chi connectivity index (χ0v) is 26.2. The third-order valence-corrected chi connectivity index (χ3v) is 12.4. The maximum atomic E-state index is 14.8. The van der Waals surface area contributed by atoms with Crippen LogP contribution >= 0.6 is 0 Å². The molecule has 1 amide bonds. The van der Waals surface area contributed by atoms with Gasteiger partial charge in [-0.3, -0.25) is 4.79 Å². The maximum absolute atomic E-state index is 14.8. The average Bonchev–Trinajstić information content (AvgIpc) is 3.21. The average molecular weight is 562 g/mol. The predicted molar refractivity (Wildman–Crippen MR) is 136 cm³/mol. The SMILES string of the molecule is C[C@H](CCC(=O)N1CCCC(C(=O)[O-])C1)[C@H]1CC[C@H]2[C@@H]3[C@@H](O)C[C@@H]4C[C@@H](O)C(F)(F)C[C@]4(C)[C@H]3CC[C@]12C.[Na+]. The number of nitrogens with zero attached hydrogens (tertiary/aromatic N) is 1. The van der Waals surface area contributed by atoms with E-state index in [2.05, 4.69) is 13.8 Å². The van der Waals surface area contributed by atoms with E-state index in [1.165, 1.54) is 0 Å². The zero-order chi connectivity index (χ0) is 27.6. The van der Waals surface area contributed by atoms with Gasteiger partial charge in [0.25, 0.3) is 5.92 Å². The number of hydrogen-bond donors (Lipinski definition) is 2. The summed E-state index contributed by atoms with van der Waals surface area (Å²) in [6, 6.07) is 0. The van der Waals surface area contributed by atoms with Crippen molar-refractivity contribution in [2.24, 2.45) is 52.3 Å². The summed E-state index contributed by atoms with van der Waals surface area (Å²) in [6.07, 6.45) is 4.34. The van der Waals surface area contributed by atoms with E-state index in [9.17, 15) is 33.7 Å². The van der Waals surface area contributed by atoms with Crippen LogP contribution in [0.5, 0.6) is 0 Å². The number of aliphatic hydroxyl groups is 2. The molecule has 4 saturated carbocycles. The summed E-state index contributed by atoms with van der Waals surface area (Å²) in [7, 11) is 0. The van der Waals surface area contributed by atoms with E-state index in [0.717, 1.165) is 32.1 Å². The van der Waals surface area contributed by atoms with Crippen molar-refractivity contribution in [3.05, 3.63) is 0 Å². The van der Waals surface area contributed by atoms with Crippen LogP contribution in [0.2, 0.25) is 0 Å². The van der Waals surface area contributed by atoms with Crippen LogP contribution in [0.15, 0.2) is 0 Å². The summed E-state index contributed by atoms with van der Waals surface area (Å²) >= 11 is 0. The zero-order valence-electron chi connectivity index (χ0n) is 24.2. The topological polar surface area (TPSA) is 101 Å². The molecular formula is C30H46F2NNaO5. The number of carboxylic acids is 1. The molecule has 216 valence electrons. The number of fused-ring (bicyclic) bond motifs is 5. The van der Waals surface area contributed by atoms with Gasteiger partial charge in [-0.05, 0) is 104 Å². The second-order valence-corrected chi connectivity index (χ2v) is 14.2. The molecule has 0 aromatic rings. The number of amides is 1. The van der Waals surface area contributed by atoms with Crippen LogP contribution in [0.25, 0.3) is 0 Å². The minimum atomic E-state index is -3.08. The Balaban J connectivity index is 0.00000353. The molecule has 9 heteroatoms. The second-order valence-electron chi connectivity index (χ2n) is 14.2. The first-order valence-electron chi connectivity index (χ1n) is 15.0. The van der Waals surface area contributed by atoms with Crippen LogP contribution in [-0.4, -0.2) is 58.2 Å². The molecule has 5 fully saturated rings. The minimum Gasteiger partial charge on any atom is -0.550 e. The molecule has 6 nitrogen and oxygen atoms in total. The molecule has 0 spiro atoms. The summed E-state index contributed by atoms with van der Waals surface area (Å²) < 4.78 is 29.5. The number of hydrogen-bond acceptors (Lipinski definition) is 5. The summed E-state index contributed by atoms with van der Waals surface area (Å²) in [6.45, 7) is 7.40. The first-order valence-corrected chi connectivity index (χ1v) is 15.0. The number of carboxylic acid groups (broad SMARTS) is 1. The van der Waals surface area contributed by atoms with E-state index >= 15 is 0 Å². The maximum Gasteiger partial charge on any atom is 1.00 e. The first-order chi connectivity index (χ1) is 17.8. The van der Waals surface area contributed by atoms with Gasteiger partial charge in [-0.2, -0.15) is 0 Å². The van der Waals surface area contributed by atoms with Gasteiger partial charge in [-0.1, -0.05) is 20.8 Å². The molecule has 0 aromatic carbocycles. The Morgan fingerprint density at radius 1 is 1.05 bits per heavy atom. The number of likely N-dealkylation sites (tertiary alicyclic amines) is 1. The number of halogens is 2. The van der Waals surface area contributed by atoms with Crippen LogP contribution in [-0.2, 0) is 9.59 Å². The number of rotatable bonds is 5. The Morgan fingerprint density at radius 3 is 2.44 bits per heavy atom. The van der Waals surface area contributed by atoms with E-state index in [1.807, 2.05) is 6.92 Å². The van der Waals surface area contributed by atoms with Crippen LogP contribution < -0.4 is 34.7 Å². The standard InChI is InChI=1S/C30H47F2NO5.Na/c1-17(6-9-25(36)33-12-4-5-18(15-33)27(37)38)20-7-8-21-26-22(10-11-28(20,21)2)29(3)16-30(31,32)24(35)14-19(29)13-23(26)34;/h17-24,26,34-35H,4-16H2,1-3H3,(H,37,38);/q;+1/p-1/t17-,18?,19-,20-,21+,22+,23+,24-,26+,28-,29+;/m1./s1. The van der Waals surface area contributed by atoms with Crippen molar-refractivity contribution in [1.29, 1.82) is 0 Å². The largest absolute Gasteiger partial charge is 1.00 e. The van der Waals surface area contributed by atoms with Crippen LogP contribution in [0.4, 0.5) is 8.78 Å². The molecule has 2 N–H and O–H groups in total. The fourth-order valence-corrected chi connectivity index (χ4v) is 10.3. The van der Waals surface area contributed by atoms with E-state index in [1.54, 1.807) is 4.90 Å². The van der Waals surface area contributed by atoms with Crippen LogP contribution in [0, 0.1) is 52.3 Å². The molecule has 1 saturated heterocycles. The quantitative estimate of drug-likeness (QED) is 0.480. The molecule has 5 aliphatic rings. The molecule has 11 atom stereocenters. The summed E-state index contributed by atoms with van der Waals surface area (Å²) in [5.74, 6) is -3.73. The second kappa shape index (κ2) is 11.4. The summed E-state index contributed by atoms with van der Waals surface area (Å²) in [4.78, 5) is 25.9. The van der Waals surface area contributed by atoms with Gasteiger partial charge in [0.15, 0.2) is 0 Å². The predicted octanol–water partition coefficient (Wildman–Crippen LogP) is 0.631. The molecule has 5 rings (SSSR count). The fraction of sp³-hybridized carbons (Fsp3) is 0.933. The molecule has 0 aromatic heterocycles. The van der Waals surface area contributed by atoms with Gasteiger partial charge in [0.2, 0.25) is 5.91 Å². The molecule has 1 heterocycles. The number of aliphatic hydroxyl groups excluding tert-OH is 2. The van der Waals surface area contributed by atoms with Crippen molar-refractivity contribution in [3.63, 3.8) is 0 Å². The molecule has 1 unspecified atom stereocenters. The Morgan fingerprint density at radius 2 is 1.74 bits per heavy atom. The van der Waals surface area contributed by atoms with Crippen molar-refractivity contribution in [2.75, 3.05) is 13.1 Å². The van der Waals surface area contributed by atoms with Crippen molar-refractivity contribution >= 4 is 11.9 Å². The molecule has 4 aliphatic carbocycles. The number of piperidine rings is 1. The number of carbonyl (C=O) groups excluding carboxylic acids is 2. The third kappa shape index (κ3) is 5.48. The van der Waals surface area contributed by atoms with Crippen LogP contribution in [0.3, 0.4) is 0 Å². The van der Waals surface area contributed by atoms with Gasteiger partial charge in [-0.15, -0.1) is 0 Å². The van der Waals surface area contributed by atoms with Gasteiger partial charge in [0.05, 0.1) is 6.10 Å². The normalized spacial score (nSPS) is 45.8. The van der Waals surface area contributed by atoms with Crippen LogP contribution in [0.1, 0.15) is 91.4 Å². The van der Waals surface area contributed by atoms with Gasteiger partial charge in [0, 0.05) is 37.8 Å². The van der Waals surface area contributed by atoms with Gasteiger partial charge in [0.1, 0.15) is 6.10 Å². The number of alkyl halides is 2. The van der Waals surface area contributed by atoms with Crippen molar-refractivity contribution in [1.82, 2.24) is 4.90 Å². The Labute approximate surface area is 254 Å². The molecule has 1 aliphatic heterocycles. The van der Waals surface area contributed by atoms with Crippen molar-refractivity contribution in [2.45, 2.75) is 110 Å².